The number of unbranched alkanes of at least 4 members (excludes halogenated alkanes) is 14. The van der Waals surface area contributed by atoms with Crippen molar-refractivity contribution in [3.63, 3.8) is 0 Å². The molecule has 0 bridgehead atoms. The molecule has 4 nitrogen and oxygen atoms in total. The highest BCUT2D eigenvalue weighted by Gasteiger charge is 2.09. The molecule has 0 saturated carbocycles. The molecule has 1 aromatic rings. The minimum Gasteiger partial charge on any atom is -0.481 e. The average molecular weight is 489 g/mol. The lowest BCUT2D eigenvalue weighted by Gasteiger charge is -2.16. The van der Waals surface area contributed by atoms with Crippen LogP contribution < -0.4 is 0 Å². The van der Waals surface area contributed by atoms with Gasteiger partial charge in [-0.3, -0.25) is 9.59 Å². The number of carboxylic acids is 2. The fraction of sp³-hybridized carbons (Fsp3) is 0.742. The van der Waals surface area contributed by atoms with Crippen molar-refractivity contribution in [1.29, 1.82) is 0 Å². The van der Waals surface area contributed by atoms with Gasteiger partial charge in [0.1, 0.15) is 0 Å². The van der Waals surface area contributed by atoms with Crippen molar-refractivity contribution in [3.8, 4) is 0 Å². The van der Waals surface area contributed by atoms with Crippen LogP contribution in [0.15, 0.2) is 18.2 Å². The van der Waals surface area contributed by atoms with Crippen LogP contribution in [0.25, 0.3) is 0 Å². The Morgan fingerprint density at radius 2 is 0.914 bits per heavy atom. The Bertz CT molecular complexity index is 683. The van der Waals surface area contributed by atoms with Crippen molar-refractivity contribution >= 4 is 11.9 Å². The van der Waals surface area contributed by atoms with Gasteiger partial charge in [-0.1, -0.05) is 102 Å². The molecule has 0 aliphatic heterocycles. The smallest absolute Gasteiger partial charge is 0.303 e. The zero-order valence-electron chi connectivity index (χ0n) is 22.5. The van der Waals surface area contributed by atoms with E-state index in [2.05, 4.69) is 25.1 Å². The predicted octanol–water partition coefficient (Wildman–Crippen LogP) is 8.92. The minimum absolute atomic E-state index is 0.303. The topological polar surface area (TPSA) is 74.6 Å². The van der Waals surface area contributed by atoms with E-state index in [1.54, 1.807) is 16.7 Å². The fourth-order valence-corrected chi connectivity index (χ4v) is 4.98. The minimum atomic E-state index is -0.680. The molecule has 4 heteroatoms. The van der Waals surface area contributed by atoms with Gasteiger partial charge in [0.2, 0.25) is 0 Å². The van der Waals surface area contributed by atoms with E-state index in [0.717, 1.165) is 44.9 Å². The molecule has 0 fully saturated rings. The lowest BCUT2D eigenvalue weighted by molar-refractivity contribution is -0.138. The van der Waals surface area contributed by atoms with E-state index < -0.39 is 11.9 Å². The van der Waals surface area contributed by atoms with Gasteiger partial charge in [-0.15, -0.1) is 0 Å². The second-order valence-corrected chi connectivity index (χ2v) is 10.2. The van der Waals surface area contributed by atoms with Crippen LogP contribution in [0.4, 0.5) is 0 Å². The lowest BCUT2D eigenvalue weighted by atomic mass is 9.90. The van der Waals surface area contributed by atoms with Crippen LogP contribution in [0, 0.1) is 0 Å². The van der Waals surface area contributed by atoms with Gasteiger partial charge < -0.3 is 10.2 Å². The molecular formula is C31H52O4. The van der Waals surface area contributed by atoms with Crippen LogP contribution in [-0.2, 0) is 28.9 Å². The summed E-state index contributed by atoms with van der Waals surface area (Å²) in [7, 11) is 0. The molecule has 0 unspecified atom stereocenters. The molecule has 0 amide bonds. The monoisotopic (exact) mass is 488 g/mol. The summed E-state index contributed by atoms with van der Waals surface area (Å²) in [5.74, 6) is -1.36. The quantitative estimate of drug-likeness (QED) is 0.142. The number of carbonyl (C=O) groups is 2. The zero-order valence-corrected chi connectivity index (χ0v) is 22.5. The SMILES string of the molecule is CCCCCCCc1cccc(CCCCCCCCC(=O)O)c1CCCCCCCCC(=O)O. The second-order valence-electron chi connectivity index (χ2n) is 10.2. The fourth-order valence-electron chi connectivity index (χ4n) is 4.98. The summed E-state index contributed by atoms with van der Waals surface area (Å²) in [5, 5.41) is 17.5. The highest BCUT2D eigenvalue weighted by molar-refractivity contribution is 5.66. The van der Waals surface area contributed by atoms with Crippen molar-refractivity contribution in [2.45, 2.75) is 148 Å². The van der Waals surface area contributed by atoms with Crippen LogP contribution in [-0.4, -0.2) is 22.2 Å². The number of aliphatic carboxylic acids is 2. The maximum Gasteiger partial charge on any atom is 0.303 e. The molecular weight excluding hydrogens is 436 g/mol. The van der Waals surface area contributed by atoms with E-state index in [1.807, 2.05) is 0 Å². The van der Waals surface area contributed by atoms with Crippen molar-refractivity contribution in [2.24, 2.45) is 0 Å². The highest BCUT2D eigenvalue weighted by Crippen LogP contribution is 2.23. The molecule has 0 aliphatic carbocycles. The van der Waals surface area contributed by atoms with Crippen LogP contribution in [0.5, 0.6) is 0 Å². The van der Waals surface area contributed by atoms with Crippen LogP contribution >= 0.6 is 0 Å². The maximum atomic E-state index is 10.6. The molecule has 0 saturated heterocycles. The summed E-state index contributed by atoms with van der Waals surface area (Å²) in [4.78, 5) is 21.3. The third-order valence-electron chi connectivity index (χ3n) is 7.07. The van der Waals surface area contributed by atoms with E-state index in [-0.39, 0.29) is 0 Å². The summed E-state index contributed by atoms with van der Waals surface area (Å²) < 4.78 is 0. The third-order valence-corrected chi connectivity index (χ3v) is 7.07. The third kappa shape index (κ3) is 17.3. The van der Waals surface area contributed by atoms with E-state index in [4.69, 9.17) is 10.2 Å². The van der Waals surface area contributed by atoms with Crippen molar-refractivity contribution < 1.29 is 19.8 Å². The van der Waals surface area contributed by atoms with Gasteiger partial charge >= 0.3 is 11.9 Å². The molecule has 1 rings (SSSR count). The molecule has 0 atom stereocenters. The normalized spacial score (nSPS) is 11.1. The maximum absolute atomic E-state index is 10.6. The summed E-state index contributed by atoms with van der Waals surface area (Å²) >= 11 is 0. The van der Waals surface area contributed by atoms with Gasteiger partial charge in [-0.25, -0.2) is 0 Å². The van der Waals surface area contributed by atoms with Gasteiger partial charge in [0.25, 0.3) is 0 Å². The molecule has 0 aliphatic rings. The molecule has 200 valence electrons. The largest absolute Gasteiger partial charge is 0.481 e. The van der Waals surface area contributed by atoms with Crippen LogP contribution in [0.3, 0.4) is 0 Å². The van der Waals surface area contributed by atoms with E-state index >= 15 is 0 Å². The molecule has 0 heterocycles. The molecule has 2 N–H and O–H groups in total. The number of aryl methyl sites for hydroxylation is 2. The van der Waals surface area contributed by atoms with Gasteiger partial charge in [-0.2, -0.15) is 0 Å². The Balaban J connectivity index is 2.48. The average Bonchev–Trinajstić information content (AvgIpc) is 2.82. The van der Waals surface area contributed by atoms with E-state index in [0.29, 0.717) is 12.8 Å². The lowest BCUT2D eigenvalue weighted by Crippen LogP contribution is -2.02. The van der Waals surface area contributed by atoms with E-state index in [9.17, 15) is 9.59 Å². The van der Waals surface area contributed by atoms with Crippen LogP contribution in [0.1, 0.15) is 146 Å². The van der Waals surface area contributed by atoms with Crippen molar-refractivity contribution in [2.75, 3.05) is 0 Å². The first-order chi connectivity index (χ1) is 17.0. The van der Waals surface area contributed by atoms with Gasteiger partial charge in [0.15, 0.2) is 0 Å². The Morgan fingerprint density at radius 3 is 1.34 bits per heavy atom. The Morgan fingerprint density at radius 1 is 0.543 bits per heavy atom. The summed E-state index contributed by atoms with van der Waals surface area (Å²) in [5.41, 5.74) is 4.72. The first kappa shape index (κ1) is 31.2. The number of hydrogen-bond acceptors (Lipinski definition) is 2. The molecule has 0 spiro atoms. The van der Waals surface area contributed by atoms with Gasteiger partial charge in [-0.05, 0) is 68.1 Å². The Kier molecular flexibility index (Phi) is 19.1. The number of benzene rings is 1. The molecule has 1 aromatic carbocycles. The Labute approximate surface area is 214 Å². The summed E-state index contributed by atoms with van der Waals surface area (Å²) in [6.07, 6.45) is 24.0. The van der Waals surface area contributed by atoms with Crippen LogP contribution in [0.2, 0.25) is 0 Å². The van der Waals surface area contributed by atoms with Gasteiger partial charge in [0.05, 0.1) is 0 Å². The molecule has 0 aromatic heterocycles. The van der Waals surface area contributed by atoms with E-state index in [1.165, 1.54) is 83.5 Å². The Hall–Kier alpha value is -1.84. The first-order valence-corrected chi connectivity index (χ1v) is 14.6. The number of carboxylic acid groups (broad SMARTS) is 2. The molecule has 35 heavy (non-hydrogen) atoms. The highest BCUT2D eigenvalue weighted by atomic mass is 16.4. The van der Waals surface area contributed by atoms with Gasteiger partial charge in [0, 0.05) is 12.8 Å². The number of hydrogen-bond donors (Lipinski definition) is 2. The van der Waals surface area contributed by atoms with Crippen molar-refractivity contribution in [3.05, 3.63) is 34.9 Å². The molecule has 0 radical (unpaired) electrons. The number of rotatable bonds is 24. The standard InChI is InChI=1S/C31H52O4/c1-2-3-4-9-14-20-27-22-19-23-28(21-15-10-5-7-12-17-25-30(32)33)29(27)24-16-11-6-8-13-18-26-31(34)35/h19,22-23H,2-18,20-21,24-26H2,1H3,(H,32,33)(H,34,35). The summed E-state index contributed by atoms with van der Waals surface area (Å²) in [6.45, 7) is 2.27. The first-order valence-electron chi connectivity index (χ1n) is 14.6. The summed E-state index contributed by atoms with van der Waals surface area (Å²) in [6, 6.07) is 6.95. The van der Waals surface area contributed by atoms with Crippen molar-refractivity contribution in [1.82, 2.24) is 0 Å². The zero-order chi connectivity index (χ0) is 25.6. The second kappa shape index (κ2) is 21.4. The predicted molar refractivity (Wildman–Crippen MR) is 146 cm³/mol.